The second kappa shape index (κ2) is 18.8. The van der Waals surface area contributed by atoms with E-state index in [1.807, 2.05) is 0 Å². The molecule has 252 valence electrons. The average Bonchev–Trinajstić information content (AvgIpc) is 3.54. The smallest absolute Gasteiger partial charge is 0.550 e. The summed E-state index contributed by atoms with van der Waals surface area (Å²) in [6, 6.07) is -2.51. The molecule has 3 rings (SSSR count). The number of amides is 2. The topological polar surface area (TPSA) is 266 Å². The number of β-lactam (4-membered cyclic amide) rings is 1. The third-order valence-corrected chi connectivity index (χ3v) is 10.5. The van der Waals surface area contributed by atoms with Crippen LogP contribution in [0.4, 0.5) is 0 Å². The van der Waals surface area contributed by atoms with Crippen molar-refractivity contribution in [2.24, 2.45) is 22.8 Å². The molecule has 7 N–H and O–H groups in total. The van der Waals surface area contributed by atoms with Crippen LogP contribution in [0.1, 0.15) is 71.6 Å². The zero-order valence-electron chi connectivity index (χ0n) is 27.5. The van der Waals surface area contributed by atoms with Crippen LogP contribution in [0.15, 0.2) is 10.6 Å². The number of nitrogens with two attached hydrogens (primary N) is 2. The van der Waals surface area contributed by atoms with Crippen molar-refractivity contribution in [1.82, 2.24) is 10.2 Å². The molecule has 15 nitrogen and oxygen atoms in total. The van der Waals surface area contributed by atoms with E-state index in [1.54, 1.807) is 6.92 Å². The largest absolute Gasteiger partial charge is 1.00 e. The van der Waals surface area contributed by atoms with Crippen molar-refractivity contribution in [1.29, 1.82) is 0 Å². The molecule has 3 aliphatic heterocycles. The SMILES string of the molecule is CC(O)C1C(=O)N2C(C(=O)[O-])=C(SC3CCOC3)C(C)(CN)C12C(=O)C(CCCCC(=O)[O-])NC(=O)C(N)CCCCC(=O)O.[Na+].[Na+]. The van der Waals surface area contributed by atoms with Crippen LogP contribution in [0.2, 0.25) is 0 Å². The number of hydrogen-bond acceptors (Lipinski definition) is 13. The molecule has 0 aromatic rings. The number of carboxylic acids is 3. The summed E-state index contributed by atoms with van der Waals surface area (Å²) in [5.74, 6) is -7.77. The van der Waals surface area contributed by atoms with Gasteiger partial charge < -0.3 is 51.5 Å². The standard InChI is InChI=1S/C29H44N4O11S.2Na/c1-15(34)21-26(41)33-22(27(42)43)24(45-16-11-12-44-13-16)28(2,14-30)29(21,33)23(39)18(8-4-6-10-20(37)38)32-25(40)17(31)7-3-5-9-19(35)36;;/h15-18,21,34H,3-14,30-31H2,1-2H3,(H,32,40)(H,35,36)(H,37,38)(H,42,43);;/q;2*+1/p-2. The van der Waals surface area contributed by atoms with Crippen LogP contribution in [-0.4, -0.2) is 99.4 Å². The number of hydrogen-bond donors (Lipinski definition) is 5. The van der Waals surface area contributed by atoms with Crippen molar-refractivity contribution < 1.29 is 113 Å². The van der Waals surface area contributed by atoms with Crippen LogP contribution in [0.5, 0.6) is 0 Å². The van der Waals surface area contributed by atoms with E-state index in [2.05, 4.69) is 5.32 Å². The van der Waals surface area contributed by atoms with Crippen LogP contribution in [-0.2, 0) is 33.5 Å². The first-order valence-corrected chi connectivity index (χ1v) is 16.0. The van der Waals surface area contributed by atoms with Gasteiger partial charge in [0.25, 0.3) is 0 Å². The minimum absolute atomic E-state index is 0. The van der Waals surface area contributed by atoms with Crippen LogP contribution < -0.4 is 86.1 Å². The molecule has 0 aliphatic carbocycles. The summed E-state index contributed by atoms with van der Waals surface area (Å²) >= 11 is 1.14. The molecule has 7 unspecified atom stereocenters. The zero-order chi connectivity index (χ0) is 33.7. The second-order valence-electron chi connectivity index (χ2n) is 12.1. The normalized spacial score (nSPS) is 26.7. The Bertz CT molecular complexity index is 1230. The first-order valence-electron chi connectivity index (χ1n) is 15.1. The van der Waals surface area contributed by atoms with Gasteiger partial charge in [0, 0.05) is 41.1 Å². The third-order valence-electron chi connectivity index (χ3n) is 8.95. The van der Waals surface area contributed by atoms with Gasteiger partial charge >= 0.3 is 65.1 Å². The molecule has 47 heavy (non-hydrogen) atoms. The van der Waals surface area contributed by atoms with Crippen LogP contribution in [0.25, 0.3) is 0 Å². The molecule has 0 saturated carbocycles. The predicted molar refractivity (Wildman–Crippen MR) is 155 cm³/mol. The van der Waals surface area contributed by atoms with Crippen molar-refractivity contribution in [2.45, 2.75) is 101 Å². The van der Waals surface area contributed by atoms with E-state index in [4.69, 9.17) is 21.3 Å². The van der Waals surface area contributed by atoms with Gasteiger partial charge in [-0.05, 0) is 45.4 Å². The van der Waals surface area contributed by atoms with E-state index in [9.17, 15) is 44.1 Å². The van der Waals surface area contributed by atoms with Gasteiger partial charge in [-0.3, -0.25) is 24.1 Å². The van der Waals surface area contributed by atoms with Gasteiger partial charge in [-0.15, -0.1) is 11.8 Å². The molecule has 7 atom stereocenters. The number of thioether (sulfide) groups is 1. The number of fused-ring (bicyclic) bond motifs is 1. The van der Waals surface area contributed by atoms with Crippen molar-refractivity contribution in [3.63, 3.8) is 0 Å². The second-order valence-corrected chi connectivity index (χ2v) is 13.4. The molecular formula is C29H42N4Na2O11S. The summed E-state index contributed by atoms with van der Waals surface area (Å²) in [6.07, 6.45) is -0.444. The number of ketones is 1. The zero-order valence-corrected chi connectivity index (χ0v) is 32.3. The Balaban J connectivity index is 0.00000552. The van der Waals surface area contributed by atoms with Crippen molar-refractivity contribution >= 4 is 47.3 Å². The molecule has 0 aromatic carbocycles. The molecular weight excluding hydrogens is 658 g/mol. The number of aliphatic hydroxyl groups excluding tert-OH is 1. The number of rotatable bonds is 19. The van der Waals surface area contributed by atoms with Gasteiger partial charge in [-0.2, -0.15) is 0 Å². The summed E-state index contributed by atoms with van der Waals surface area (Å²) < 4.78 is 5.45. The number of Topliss-reactive ketones (excluding diaryl/α,β-unsaturated/α-hetero) is 1. The molecule has 2 fully saturated rings. The third kappa shape index (κ3) is 9.01. The van der Waals surface area contributed by atoms with E-state index in [0.717, 1.165) is 16.7 Å². The summed E-state index contributed by atoms with van der Waals surface area (Å²) in [5, 5.41) is 45.8. The summed E-state index contributed by atoms with van der Waals surface area (Å²) in [6.45, 7) is 3.28. The minimum Gasteiger partial charge on any atom is -0.550 e. The van der Waals surface area contributed by atoms with Gasteiger partial charge in [-0.1, -0.05) is 19.8 Å². The molecule has 0 bridgehead atoms. The Kier molecular flexibility index (Phi) is 17.6. The van der Waals surface area contributed by atoms with Gasteiger partial charge in [0.05, 0.1) is 42.4 Å². The molecule has 18 heteroatoms. The number of carbonyl (C=O) groups is 6. The van der Waals surface area contributed by atoms with Crippen LogP contribution >= 0.6 is 11.8 Å². The maximum Gasteiger partial charge on any atom is 1.00 e. The van der Waals surface area contributed by atoms with Crippen LogP contribution in [0.3, 0.4) is 0 Å². The number of aliphatic hydroxyl groups is 1. The van der Waals surface area contributed by atoms with Gasteiger partial charge in [0.2, 0.25) is 11.8 Å². The van der Waals surface area contributed by atoms with E-state index < -0.39 is 76.3 Å². The molecule has 3 heterocycles. The minimum atomic E-state index is -2.03. The molecule has 3 aliphatic rings. The van der Waals surface area contributed by atoms with Crippen molar-refractivity contribution in [3.8, 4) is 0 Å². The Hall–Kier alpha value is -1.05. The molecule has 0 aromatic heterocycles. The van der Waals surface area contributed by atoms with E-state index in [0.29, 0.717) is 26.1 Å². The molecule has 2 saturated heterocycles. The first-order chi connectivity index (χ1) is 21.1. The number of carboxylic acid groups (broad SMARTS) is 3. The predicted octanol–water partition coefficient (Wildman–Crippen LogP) is -8.63. The number of aliphatic carboxylic acids is 3. The molecule has 0 radical (unpaired) electrons. The van der Waals surface area contributed by atoms with E-state index in [-0.39, 0.29) is 121 Å². The maximum absolute atomic E-state index is 14.9. The number of nitrogens with zero attached hydrogens (tertiary/aromatic N) is 1. The van der Waals surface area contributed by atoms with E-state index in [1.165, 1.54) is 6.92 Å². The quantitative estimate of drug-likeness (QED) is 0.0476. The van der Waals surface area contributed by atoms with Crippen LogP contribution in [0, 0.1) is 11.3 Å². The van der Waals surface area contributed by atoms with Gasteiger partial charge in [0.1, 0.15) is 5.54 Å². The molecule has 2 amide bonds. The Morgan fingerprint density at radius 3 is 2.23 bits per heavy atom. The number of carbonyl (C=O) groups excluding carboxylic acids is 5. The molecule has 0 spiro atoms. The summed E-state index contributed by atoms with van der Waals surface area (Å²) in [7, 11) is 0. The Morgan fingerprint density at radius 2 is 1.72 bits per heavy atom. The fraction of sp³-hybridized carbons (Fsp3) is 0.724. The maximum atomic E-state index is 14.9. The Morgan fingerprint density at radius 1 is 1.11 bits per heavy atom. The number of ether oxygens (including phenoxy) is 1. The fourth-order valence-electron chi connectivity index (χ4n) is 6.66. The van der Waals surface area contributed by atoms with Gasteiger partial charge in [-0.25, -0.2) is 0 Å². The number of unbranched alkanes of at least 4 members (excludes halogenated alkanes) is 2. The summed E-state index contributed by atoms with van der Waals surface area (Å²) in [4.78, 5) is 77.1. The summed E-state index contributed by atoms with van der Waals surface area (Å²) in [5.41, 5.74) is 8.31. The fourth-order valence-corrected chi connectivity index (χ4v) is 8.16. The van der Waals surface area contributed by atoms with Crippen molar-refractivity contribution in [3.05, 3.63) is 10.6 Å². The first kappa shape index (κ1) is 44.0. The van der Waals surface area contributed by atoms with Crippen molar-refractivity contribution in [2.75, 3.05) is 19.8 Å². The number of nitrogens with one attached hydrogen (secondary N) is 1. The van der Waals surface area contributed by atoms with E-state index >= 15 is 0 Å². The average molecular weight is 701 g/mol. The monoisotopic (exact) mass is 700 g/mol. The Labute approximate surface area is 321 Å². The van der Waals surface area contributed by atoms with Gasteiger partial charge in [0.15, 0.2) is 5.78 Å².